The van der Waals surface area contributed by atoms with E-state index in [0.29, 0.717) is 25.6 Å². The van der Waals surface area contributed by atoms with Crippen LogP contribution in [-0.4, -0.2) is 48.0 Å². The Bertz CT molecular complexity index is 772. The Morgan fingerprint density at radius 3 is 2.73 bits per heavy atom. The lowest BCUT2D eigenvalue weighted by atomic mass is 10.2. The van der Waals surface area contributed by atoms with Gasteiger partial charge in [0.2, 0.25) is 5.91 Å². The highest BCUT2D eigenvalue weighted by Crippen LogP contribution is 2.18. The largest absolute Gasteiger partial charge is 0.374 e. The lowest BCUT2D eigenvalue weighted by molar-refractivity contribution is -0.157. The van der Waals surface area contributed by atoms with Crippen LogP contribution in [0.4, 0.5) is 5.82 Å². The molecule has 1 N–H and O–H groups in total. The average molecular weight is 359 g/mol. The number of nitrogens with one attached hydrogen (secondary N) is 1. The maximum absolute atomic E-state index is 12.0. The number of carbonyl (C=O) groups is 1. The van der Waals surface area contributed by atoms with Gasteiger partial charge in [0, 0.05) is 13.1 Å². The molecule has 1 amide bonds. The van der Waals surface area contributed by atoms with Gasteiger partial charge in [-0.05, 0) is 11.6 Å². The second kappa shape index (κ2) is 8.70. The summed E-state index contributed by atoms with van der Waals surface area (Å²) in [6.07, 6.45) is 0.518. The number of ether oxygens (including phenoxy) is 3. The molecule has 1 aromatic heterocycles. The Balaban J connectivity index is 1.51. The molecule has 8 heteroatoms. The zero-order valence-corrected chi connectivity index (χ0v) is 14.5. The molecule has 0 radical (unpaired) electrons. The zero-order chi connectivity index (χ0) is 18.4. The first-order valence-corrected chi connectivity index (χ1v) is 8.33. The summed E-state index contributed by atoms with van der Waals surface area (Å²) in [4.78, 5) is 30.8. The van der Waals surface area contributed by atoms with Crippen LogP contribution in [-0.2, 0) is 25.6 Å². The molecule has 0 spiro atoms. The van der Waals surface area contributed by atoms with Gasteiger partial charge >= 0.3 is 5.69 Å². The number of anilines is 1. The van der Waals surface area contributed by atoms with Crippen molar-refractivity contribution in [3.63, 3.8) is 0 Å². The molecule has 0 aliphatic carbocycles. The van der Waals surface area contributed by atoms with E-state index in [1.165, 1.54) is 18.0 Å². The number of nitrogens with zero attached hydrogens (tertiary/aromatic N) is 2. The predicted octanol–water partition coefficient (Wildman–Crippen LogP) is 1.08. The third-order valence-electron chi connectivity index (χ3n) is 3.91. The van der Waals surface area contributed by atoms with E-state index < -0.39 is 11.9 Å². The highest BCUT2D eigenvalue weighted by Gasteiger charge is 2.30. The first-order valence-electron chi connectivity index (χ1n) is 8.33. The molecular weight excluding hydrogens is 338 g/mol. The number of aromatic nitrogens is 2. The summed E-state index contributed by atoms with van der Waals surface area (Å²) >= 11 is 0. The van der Waals surface area contributed by atoms with Crippen molar-refractivity contribution in [2.24, 2.45) is 0 Å². The summed E-state index contributed by atoms with van der Waals surface area (Å²) in [5, 5.41) is 0. The van der Waals surface area contributed by atoms with Crippen LogP contribution in [0.25, 0.3) is 0 Å². The molecule has 1 fully saturated rings. The third-order valence-corrected chi connectivity index (χ3v) is 3.91. The predicted molar refractivity (Wildman–Crippen MR) is 93.6 cm³/mol. The monoisotopic (exact) mass is 359 g/mol. The molecule has 0 saturated carbocycles. The number of rotatable bonds is 6. The van der Waals surface area contributed by atoms with E-state index in [1.54, 1.807) is 6.07 Å². The standard InChI is InChI=1S/C18H21N3O5/c1-13(22)21(16-7-8-19-18(23)20-16)17-12-25-15(11-26-17)10-24-9-14-5-3-2-4-6-14/h2-8,15,17H,9-12H2,1H3,(H,19,20,23). The Labute approximate surface area is 150 Å². The summed E-state index contributed by atoms with van der Waals surface area (Å²) in [6.45, 7) is 2.77. The van der Waals surface area contributed by atoms with Crippen molar-refractivity contribution in [2.45, 2.75) is 25.9 Å². The molecule has 1 aliphatic heterocycles. The smallest absolute Gasteiger partial charge is 0.346 e. The Morgan fingerprint density at radius 1 is 1.27 bits per heavy atom. The van der Waals surface area contributed by atoms with Gasteiger partial charge in [-0.1, -0.05) is 30.3 Å². The molecular formula is C18H21N3O5. The lowest BCUT2D eigenvalue weighted by Crippen LogP contribution is -2.50. The third kappa shape index (κ3) is 4.75. The Kier molecular flexibility index (Phi) is 6.11. The van der Waals surface area contributed by atoms with Crippen LogP contribution in [0.1, 0.15) is 12.5 Å². The minimum atomic E-state index is -0.615. The summed E-state index contributed by atoms with van der Waals surface area (Å²) in [6, 6.07) is 11.4. The fraction of sp³-hybridized carbons (Fsp3) is 0.389. The van der Waals surface area contributed by atoms with E-state index in [-0.39, 0.29) is 18.6 Å². The van der Waals surface area contributed by atoms with Gasteiger partial charge in [-0.25, -0.2) is 9.78 Å². The van der Waals surface area contributed by atoms with Crippen LogP contribution in [0.5, 0.6) is 0 Å². The van der Waals surface area contributed by atoms with Gasteiger partial charge in [-0.2, -0.15) is 0 Å². The van der Waals surface area contributed by atoms with Crippen molar-refractivity contribution in [1.29, 1.82) is 0 Å². The molecule has 0 bridgehead atoms. The quantitative estimate of drug-likeness (QED) is 0.830. The fourth-order valence-electron chi connectivity index (χ4n) is 2.69. The van der Waals surface area contributed by atoms with E-state index in [1.807, 2.05) is 30.3 Å². The molecule has 2 heterocycles. The zero-order valence-electron chi connectivity index (χ0n) is 14.5. The highest BCUT2D eigenvalue weighted by atomic mass is 16.6. The van der Waals surface area contributed by atoms with Gasteiger partial charge < -0.3 is 14.2 Å². The second-order valence-electron chi connectivity index (χ2n) is 5.89. The number of carbonyl (C=O) groups excluding carboxylic acids is 1. The van der Waals surface area contributed by atoms with Gasteiger partial charge in [-0.15, -0.1) is 0 Å². The molecule has 2 aromatic rings. The first kappa shape index (κ1) is 18.2. The maximum Gasteiger partial charge on any atom is 0.346 e. The molecule has 8 nitrogen and oxygen atoms in total. The Morgan fingerprint density at radius 2 is 2.08 bits per heavy atom. The van der Waals surface area contributed by atoms with Crippen molar-refractivity contribution in [3.05, 3.63) is 58.6 Å². The van der Waals surface area contributed by atoms with Crippen LogP contribution in [0.15, 0.2) is 47.4 Å². The van der Waals surface area contributed by atoms with Crippen LogP contribution in [0, 0.1) is 0 Å². The van der Waals surface area contributed by atoms with Crippen molar-refractivity contribution in [2.75, 3.05) is 24.7 Å². The van der Waals surface area contributed by atoms with Crippen LogP contribution in [0.3, 0.4) is 0 Å². The van der Waals surface area contributed by atoms with Crippen LogP contribution >= 0.6 is 0 Å². The molecule has 3 rings (SSSR count). The van der Waals surface area contributed by atoms with E-state index in [0.717, 1.165) is 5.56 Å². The maximum atomic E-state index is 12.0. The topological polar surface area (TPSA) is 93.8 Å². The molecule has 2 atom stereocenters. The van der Waals surface area contributed by atoms with Crippen molar-refractivity contribution in [3.8, 4) is 0 Å². The number of H-pyrrole nitrogens is 1. The minimum Gasteiger partial charge on any atom is -0.374 e. The molecule has 2 unspecified atom stereocenters. The minimum absolute atomic E-state index is 0.184. The number of amides is 1. The van der Waals surface area contributed by atoms with Gasteiger partial charge in [0.25, 0.3) is 0 Å². The number of benzene rings is 1. The first-order chi connectivity index (χ1) is 12.6. The molecule has 1 saturated heterocycles. The average Bonchev–Trinajstić information content (AvgIpc) is 2.64. The van der Waals surface area contributed by atoms with Crippen molar-refractivity contribution >= 4 is 11.7 Å². The van der Waals surface area contributed by atoms with Gasteiger partial charge in [-0.3, -0.25) is 14.7 Å². The number of hydrogen-bond donors (Lipinski definition) is 1. The summed E-state index contributed by atoms with van der Waals surface area (Å²) < 4.78 is 17.2. The molecule has 26 heavy (non-hydrogen) atoms. The second-order valence-corrected chi connectivity index (χ2v) is 5.89. The van der Waals surface area contributed by atoms with Gasteiger partial charge in [0.1, 0.15) is 11.9 Å². The van der Waals surface area contributed by atoms with Crippen molar-refractivity contribution in [1.82, 2.24) is 9.97 Å². The number of aromatic amines is 1. The van der Waals surface area contributed by atoms with E-state index in [9.17, 15) is 9.59 Å². The van der Waals surface area contributed by atoms with E-state index in [2.05, 4.69) is 9.97 Å². The van der Waals surface area contributed by atoms with E-state index in [4.69, 9.17) is 14.2 Å². The Hall–Kier alpha value is -2.55. The molecule has 1 aromatic carbocycles. The van der Waals surface area contributed by atoms with Gasteiger partial charge in [0.15, 0.2) is 6.23 Å². The molecule has 138 valence electrons. The fourth-order valence-corrected chi connectivity index (χ4v) is 2.69. The summed E-state index contributed by atoms with van der Waals surface area (Å²) in [5.74, 6) is 0.0594. The molecule has 1 aliphatic rings. The van der Waals surface area contributed by atoms with E-state index >= 15 is 0 Å². The van der Waals surface area contributed by atoms with Crippen molar-refractivity contribution < 1.29 is 19.0 Å². The highest BCUT2D eigenvalue weighted by molar-refractivity contribution is 5.90. The summed E-state index contributed by atoms with van der Waals surface area (Å²) in [5.41, 5.74) is 0.559. The van der Waals surface area contributed by atoms with Gasteiger partial charge in [0.05, 0.1) is 26.4 Å². The summed E-state index contributed by atoms with van der Waals surface area (Å²) in [7, 11) is 0. The lowest BCUT2D eigenvalue weighted by Gasteiger charge is -2.35. The van der Waals surface area contributed by atoms with Crippen LogP contribution in [0.2, 0.25) is 0 Å². The normalized spacial score (nSPS) is 19.9. The number of hydrogen-bond acceptors (Lipinski definition) is 6. The SMILES string of the molecule is CC(=O)N(c1ccnc(=O)[nH]1)C1COC(COCc2ccccc2)CO1. The van der Waals surface area contributed by atoms with Crippen LogP contribution < -0.4 is 10.6 Å².